The highest BCUT2D eigenvalue weighted by molar-refractivity contribution is 6.06. The Kier molecular flexibility index (Phi) is 6.04. The number of hydrogen-bond donors (Lipinski definition) is 1. The molecule has 1 atom stereocenters. The van der Waals surface area contributed by atoms with Crippen LogP contribution in [0, 0.1) is 5.82 Å². The molecule has 3 heterocycles. The fourth-order valence-electron chi connectivity index (χ4n) is 3.96. The van der Waals surface area contributed by atoms with Crippen molar-refractivity contribution in [2.75, 3.05) is 18.9 Å². The van der Waals surface area contributed by atoms with Gasteiger partial charge in [0, 0.05) is 35.6 Å². The summed E-state index contributed by atoms with van der Waals surface area (Å²) in [6.45, 7) is 4.94. The maximum Gasteiger partial charge on any atom is 0.258 e. The van der Waals surface area contributed by atoms with E-state index in [0.717, 1.165) is 25.1 Å². The summed E-state index contributed by atoms with van der Waals surface area (Å²) in [5.74, 6) is 0.160. The molecule has 3 aromatic rings. The molecule has 0 aliphatic carbocycles. The number of carbonyl (C=O) groups is 1. The minimum atomic E-state index is -0.348. The molecule has 1 saturated heterocycles. The Morgan fingerprint density at radius 1 is 1.13 bits per heavy atom. The fraction of sp³-hybridized carbons (Fsp3) is 0.333. The molecule has 1 amide bonds. The Balaban J connectivity index is 1.76. The van der Waals surface area contributed by atoms with Gasteiger partial charge in [-0.25, -0.2) is 14.4 Å². The van der Waals surface area contributed by atoms with Crippen molar-refractivity contribution in [3.8, 4) is 11.1 Å². The first-order chi connectivity index (χ1) is 15.0. The first-order valence-electron chi connectivity index (χ1n) is 10.5. The first kappa shape index (κ1) is 21.1. The lowest BCUT2D eigenvalue weighted by molar-refractivity contribution is 0.102. The number of pyridine rings is 1. The van der Waals surface area contributed by atoms with Crippen molar-refractivity contribution in [1.29, 1.82) is 0 Å². The number of nitrogens with one attached hydrogen (secondary N) is 1. The summed E-state index contributed by atoms with van der Waals surface area (Å²) < 4.78 is 14.7. The molecular formula is C24H26FN5O. The average molecular weight is 420 g/mol. The minimum Gasteiger partial charge on any atom is -0.320 e. The number of aromatic nitrogens is 3. The third-order valence-corrected chi connectivity index (χ3v) is 5.67. The van der Waals surface area contributed by atoms with Crippen molar-refractivity contribution in [2.24, 2.45) is 0 Å². The van der Waals surface area contributed by atoms with Gasteiger partial charge >= 0.3 is 0 Å². The van der Waals surface area contributed by atoms with Crippen molar-refractivity contribution < 1.29 is 9.18 Å². The molecule has 6 nitrogen and oxygen atoms in total. The van der Waals surface area contributed by atoms with Crippen LogP contribution in [0.25, 0.3) is 11.1 Å². The van der Waals surface area contributed by atoms with Gasteiger partial charge in [-0.1, -0.05) is 32.0 Å². The van der Waals surface area contributed by atoms with Crippen molar-refractivity contribution in [3.63, 3.8) is 0 Å². The van der Waals surface area contributed by atoms with Crippen LogP contribution in [-0.4, -0.2) is 39.4 Å². The Bertz CT molecular complexity index is 1080. The van der Waals surface area contributed by atoms with Crippen LogP contribution >= 0.6 is 0 Å². The van der Waals surface area contributed by atoms with Crippen molar-refractivity contribution in [1.82, 2.24) is 19.9 Å². The van der Waals surface area contributed by atoms with Crippen molar-refractivity contribution >= 4 is 11.6 Å². The molecule has 31 heavy (non-hydrogen) atoms. The largest absolute Gasteiger partial charge is 0.320 e. The molecular weight excluding hydrogens is 393 g/mol. The van der Waals surface area contributed by atoms with E-state index in [1.807, 2.05) is 20.9 Å². The van der Waals surface area contributed by atoms with E-state index >= 15 is 0 Å². The predicted octanol–water partition coefficient (Wildman–Crippen LogP) is 4.82. The van der Waals surface area contributed by atoms with Crippen LogP contribution in [-0.2, 0) is 0 Å². The van der Waals surface area contributed by atoms with Crippen LogP contribution in [0.4, 0.5) is 10.1 Å². The number of carbonyl (C=O) groups excluding carboxylic acids is 1. The highest BCUT2D eigenvalue weighted by atomic mass is 19.1. The zero-order chi connectivity index (χ0) is 22.0. The van der Waals surface area contributed by atoms with Gasteiger partial charge in [0.15, 0.2) is 0 Å². The number of rotatable bonds is 5. The second-order valence-corrected chi connectivity index (χ2v) is 8.18. The van der Waals surface area contributed by atoms with E-state index in [4.69, 9.17) is 0 Å². The number of nitrogens with zero attached hydrogens (tertiary/aromatic N) is 4. The molecule has 1 aliphatic heterocycles. The van der Waals surface area contributed by atoms with Crippen LogP contribution in [0.5, 0.6) is 0 Å². The predicted molar refractivity (Wildman–Crippen MR) is 118 cm³/mol. The first-order valence-corrected chi connectivity index (χ1v) is 10.5. The summed E-state index contributed by atoms with van der Waals surface area (Å²) in [7, 11) is 2.04. The standard InChI is InChI=1S/C24H26FN5O/c1-15(2)23-27-13-16(14-28-23)24(31)29-21-18(17-7-4-5-8-19(17)25)10-11-26-22(21)20-9-6-12-30(20)3/h4-5,7-8,10-11,13-15,20H,6,9,12H2,1-3H3,(H,29,31)/t20-/m1/s1. The number of amides is 1. The molecule has 160 valence electrons. The van der Waals surface area contributed by atoms with Crippen LogP contribution in [0.2, 0.25) is 0 Å². The normalized spacial score (nSPS) is 16.6. The number of benzene rings is 1. The fourth-order valence-corrected chi connectivity index (χ4v) is 3.96. The number of halogens is 1. The third kappa shape index (κ3) is 4.32. The maximum atomic E-state index is 14.7. The molecule has 0 unspecified atom stereocenters. The van der Waals surface area contributed by atoms with E-state index in [-0.39, 0.29) is 23.7 Å². The summed E-state index contributed by atoms with van der Waals surface area (Å²) in [6, 6.07) is 8.36. The highest BCUT2D eigenvalue weighted by Gasteiger charge is 2.29. The van der Waals surface area contributed by atoms with Crippen LogP contribution in [0.1, 0.15) is 60.5 Å². The van der Waals surface area contributed by atoms with Gasteiger partial charge in [0.1, 0.15) is 11.6 Å². The molecule has 1 aromatic carbocycles. The number of anilines is 1. The van der Waals surface area contributed by atoms with Gasteiger partial charge in [0.25, 0.3) is 5.91 Å². The number of likely N-dealkylation sites (tertiary alicyclic amines) is 1. The van der Waals surface area contributed by atoms with Gasteiger partial charge in [-0.15, -0.1) is 0 Å². The summed E-state index contributed by atoms with van der Waals surface area (Å²) in [5.41, 5.74) is 2.65. The molecule has 0 spiro atoms. The zero-order valence-electron chi connectivity index (χ0n) is 18.0. The van der Waals surface area contributed by atoms with Gasteiger partial charge < -0.3 is 5.32 Å². The lowest BCUT2D eigenvalue weighted by atomic mass is 9.99. The van der Waals surface area contributed by atoms with Crippen molar-refractivity contribution in [3.05, 3.63) is 71.8 Å². The Labute approximate surface area is 181 Å². The van der Waals surface area contributed by atoms with Gasteiger partial charge in [-0.2, -0.15) is 0 Å². The SMILES string of the molecule is CC(C)c1ncc(C(=O)Nc2c(-c3ccccc3F)ccnc2[C@H]2CCCN2C)cn1. The lowest BCUT2D eigenvalue weighted by Gasteiger charge is -2.23. The van der Waals surface area contributed by atoms with Crippen LogP contribution < -0.4 is 5.32 Å². The lowest BCUT2D eigenvalue weighted by Crippen LogP contribution is -2.22. The molecule has 4 rings (SSSR count). The molecule has 0 saturated carbocycles. The second kappa shape index (κ2) is 8.89. The Hall–Kier alpha value is -3.19. The second-order valence-electron chi connectivity index (χ2n) is 8.18. The smallest absolute Gasteiger partial charge is 0.258 e. The summed E-state index contributed by atoms with van der Waals surface area (Å²) >= 11 is 0. The third-order valence-electron chi connectivity index (χ3n) is 5.67. The molecule has 1 N–H and O–H groups in total. The molecule has 1 aliphatic rings. The summed E-state index contributed by atoms with van der Waals surface area (Å²) in [4.78, 5) is 28.5. The van der Waals surface area contributed by atoms with E-state index in [1.54, 1.807) is 30.5 Å². The minimum absolute atomic E-state index is 0.0570. The monoisotopic (exact) mass is 419 g/mol. The van der Waals surface area contributed by atoms with E-state index in [1.165, 1.54) is 18.5 Å². The topological polar surface area (TPSA) is 71.0 Å². The van der Waals surface area contributed by atoms with Gasteiger partial charge in [-0.3, -0.25) is 14.7 Å². The van der Waals surface area contributed by atoms with Gasteiger partial charge in [-0.05, 0) is 38.6 Å². The summed E-state index contributed by atoms with van der Waals surface area (Å²) in [5, 5.41) is 2.99. The van der Waals surface area contributed by atoms with E-state index in [0.29, 0.717) is 28.2 Å². The molecule has 0 bridgehead atoms. The van der Waals surface area contributed by atoms with Crippen LogP contribution in [0.15, 0.2) is 48.9 Å². The van der Waals surface area contributed by atoms with Crippen molar-refractivity contribution in [2.45, 2.75) is 38.6 Å². The van der Waals surface area contributed by atoms with Gasteiger partial charge in [0.2, 0.25) is 0 Å². The van der Waals surface area contributed by atoms with Crippen LogP contribution in [0.3, 0.4) is 0 Å². The van der Waals surface area contributed by atoms with E-state index in [2.05, 4.69) is 25.2 Å². The molecule has 0 radical (unpaired) electrons. The molecule has 2 aromatic heterocycles. The number of hydrogen-bond acceptors (Lipinski definition) is 5. The average Bonchev–Trinajstić information content (AvgIpc) is 3.20. The maximum absolute atomic E-state index is 14.7. The Morgan fingerprint density at radius 2 is 1.87 bits per heavy atom. The zero-order valence-corrected chi connectivity index (χ0v) is 18.0. The Morgan fingerprint density at radius 3 is 2.52 bits per heavy atom. The van der Waals surface area contributed by atoms with Gasteiger partial charge in [0.05, 0.1) is 23.0 Å². The highest BCUT2D eigenvalue weighted by Crippen LogP contribution is 2.39. The molecule has 7 heteroatoms. The van der Waals surface area contributed by atoms with E-state index in [9.17, 15) is 9.18 Å². The summed E-state index contributed by atoms with van der Waals surface area (Å²) in [6.07, 6.45) is 6.71. The molecule has 1 fully saturated rings. The quantitative estimate of drug-likeness (QED) is 0.642. The van der Waals surface area contributed by atoms with E-state index < -0.39 is 0 Å².